The van der Waals surface area contributed by atoms with Gasteiger partial charge in [0.15, 0.2) is 6.29 Å². The van der Waals surface area contributed by atoms with E-state index in [2.05, 4.69) is 53.1 Å². The van der Waals surface area contributed by atoms with Crippen molar-refractivity contribution in [1.82, 2.24) is 0 Å². The van der Waals surface area contributed by atoms with Gasteiger partial charge in [-0.3, -0.25) is 0 Å². The predicted molar refractivity (Wildman–Crippen MR) is 114 cm³/mol. The van der Waals surface area contributed by atoms with Crippen LogP contribution in [0.25, 0.3) is 0 Å². The van der Waals surface area contributed by atoms with Crippen LogP contribution in [0.5, 0.6) is 0 Å². The van der Waals surface area contributed by atoms with Crippen molar-refractivity contribution in [2.45, 2.75) is 45.2 Å². The molecule has 0 aliphatic carbocycles. The van der Waals surface area contributed by atoms with Crippen molar-refractivity contribution in [3.63, 3.8) is 0 Å². The molecule has 0 aromatic carbocycles. The summed E-state index contributed by atoms with van der Waals surface area (Å²) in [5.74, 6) is -0.248. The summed E-state index contributed by atoms with van der Waals surface area (Å²) < 4.78 is 55.0. The van der Waals surface area contributed by atoms with E-state index in [1.165, 1.54) is 6.08 Å². The van der Waals surface area contributed by atoms with Gasteiger partial charge in [0.25, 0.3) is 0 Å². The van der Waals surface area contributed by atoms with Crippen molar-refractivity contribution >= 4 is 5.97 Å². The van der Waals surface area contributed by atoms with Gasteiger partial charge in [0.1, 0.15) is 6.10 Å². The number of aliphatic hydroxyl groups is 1. The van der Waals surface area contributed by atoms with E-state index in [1.807, 2.05) is 19.9 Å². The third-order valence-corrected chi connectivity index (χ3v) is 3.09. The van der Waals surface area contributed by atoms with E-state index >= 15 is 0 Å². The molecule has 2 aliphatic rings. The molecule has 1 N–H and O–H groups in total. The van der Waals surface area contributed by atoms with Gasteiger partial charge >= 0.3 is 73.8 Å². The van der Waals surface area contributed by atoms with E-state index in [1.54, 1.807) is 12.2 Å². The summed E-state index contributed by atoms with van der Waals surface area (Å²) >= 11 is 0. The topological polar surface area (TPSA) is 175 Å². The number of rotatable bonds is 4. The van der Waals surface area contributed by atoms with E-state index in [-0.39, 0.29) is 67.2 Å². The molecule has 0 spiro atoms. The minimum absolute atomic E-state index is 0. The molecule has 202 valence electrons. The van der Waals surface area contributed by atoms with E-state index in [0.717, 1.165) is 18.4 Å². The normalized spacial score (nSPS) is 15.9. The second kappa shape index (κ2) is 58.6. The van der Waals surface area contributed by atoms with E-state index < -0.39 is 6.29 Å². The van der Waals surface area contributed by atoms with Crippen LogP contribution < -0.4 is 0 Å². The molecule has 10 nitrogen and oxygen atoms in total. The number of hydrogen-bond donors (Lipinski definition) is 1. The average molecular weight is 588 g/mol. The maximum Gasteiger partial charge on any atom is 0 e. The van der Waals surface area contributed by atoms with Gasteiger partial charge < -0.3 is 29.4 Å². The van der Waals surface area contributed by atoms with Crippen LogP contribution in [0.1, 0.15) is 26.7 Å². The zero-order valence-corrected chi connectivity index (χ0v) is 22.4. The monoisotopic (exact) mass is 588 g/mol. The first-order chi connectivity index (χ1) is 15.5. The molecule has 0 amide bonds. The summed E-state index contributed by atoms with van der Waals surface area (Å²) in [6.07, 6.45) is 7.88. The largest absolute Gasteiger partial charge is 0.358 e. The SMILES string of the molecule is C=CC1=C[C@@H](CC)OC1=O.C=CC1=C[C@@H](CC)OC1O.[C-]#[O+].[C-]#[O+].[C-]#[O+].[C-]#[O+].[C-]#[O+].[C-]#[O+].[CH3-].[CH3-].[Fe].[Fe]. The number of aliphatic hydroxyl groups excluding tert-OH is 1. The van der Waals surface area contributed by atoms with Gasteiger partial charge in [-0.2, -0.15) is 0 Å². The second-order valence-corrected chi connectivity index (χ2v) is 4.48. The summed E-state index contributed by atoms with van der Waals surface area (Å²) in [6.45, 7) is 38.0. The van der Waals surface area contributed by atoms with Gasteiger partial charge in [-0.15, -0.1) is 0 Å². The molecule has 0 aromatic rings. The van der Waals surface area contributed by atoms with Crippen LogP contribution in [0.3, 0.4) is 0 Å². The van der Waals surface area contributed by atoms with Gasteiger partial charge in [0.2, 0.25) is 0 Å². The first-order valence-corrected chi connectivity index (χ1v) is 8.01. The quantitative estimate of drug-likeness (QED) is 0.230. The minimum atomic E-state index is -0.748. The van der Waals surface area contributed by atoms with Gasteiger partial charge in [0.05, 0.1) is 11.7 Å². The molecule has 2 heterocycles. The third-order valence-electron chi connectivity index (χ3n) is 3.09. The molecule has 3 atom stereocenters. The number of hydrogen-bond acceptors (Lipinski definition) is 4. The van der Waals surface area contributed by atoms with Crippen molar-refractivity contribution in [3.05, 3.63) is 103 Å². The summed E-state index contributed by atoms with van der Waals surface area (Å²) in [4.78, 5) is 10.8. The van der Waals surface area contributed by atoms with E-state index in [0.29, 0.717) is 5.57 Å². The van der Waals surface area contributed by atoms with Crippen molar-refractivity contribution < 1.29 is 81.4 Å². The smallest absolute Gasteiger partial charge is 0 e. The number of esters is 1. The Morgan fingerprint density at radius 3 is 1.33 bits per heavy atom. The second-order valence-electron chi connectivity index (χ2n) is 4.48. The Balaban J connectivity index is -0.0000000307. The van der Waals surface area contributed by atoms with Gasteiger partial charge in [0, 0.05) is 39.7 Å². The molecular formula is C24H28Fe2O10-2. The minimum Gasteiger partial charge on any atom is -0.358 e. The standard InChI is InChI=1S/C8H12O2.C8H10O2.6CO.2CH3.2Fe/c2*1-3-6-5-7(4-2)10-8(6)9;6*1-2;;;;/h3,5,7-9H,1,4H2,2H3;3,5,7H,1,4H2,2H3;;;;;;;2*1H3;;/q;;;;;;;;2*-1;;/t7-,8?;7-;;;;;;;;;;/m11........../s1. The third kappa shape index (κ3) is 34.0. The van der Waals surface area contributed by atoms with Crippen LogP contribution in [-0.4, -0.2) is 29.6 Å². The summed E-state index contributed by atoms with van der Waals surface area (Å²) in [5.41, 5.74) is 1.37. The van der Waals surface area contributed by atoms with Gasteiger partial charge in [-0.25, -0.2) is 4.79 Å². The predicted octanol–water partition coefficient (Wildman–Crippen LogP) is 3.33. The fourth-order valence-electron chi connectivity index (χ4n) is 1.82. The van der Waals surface area contributed by atoms with Gasteiger partial charge in [-0.05, 0) is 25.0 Å². The van der Waals surface area contributed by atoms with E-state index in [9.17, 15) is 4.79 Å². The fourth-order valence-corrected chi connectivity index (χ4v) is 1.82. The van der Waals surface area contributed by atoms with Crippen molar-refractivity contribution in [1.29, 1.82) is 0 Å². The van der Waals surface area contributed by atoms with Crippen molar-refractivity contribution in [3.8, 4) is 0 Å². The molecule has 36 heavy (non-hydrogen) atoms. The Morgan fingerprint density at radius 2 is 1.17 bits per heavy atom. The Kier molecular flexibility index (Phi) is 104. The van der Waals surface area contributed by atoms with Gasteiger partial charge in [-0.1, -0.05) is 39.2 Å². The first-order valence-electron chi connectivity index (χ1n) is 8.01. The van der Waals surface area contributed by atoms with E-state index in [4.69, 9.17) is 42.5 Å². The zero-order valence-electron chi connectivity index (χ0n) is 20.2. The molecule has 2 rings (SSSR count). The summed E-state index contributed by atoms with van der Waals surface area (Å²) in [6, 6.07) is 0. The molecule has 0 bridgehead atoms. The summed E-state index contributed by atoms with van der Waals surface area (Å²) in [7, 11) is 0. The molecule has 0 saturated carbocycles. The van der Waals surface area contributed by atoms with Crippen LogP contribution in [0.4, 0.5) is 0 Å². The molecule has 0 radical (unpaired) electrons. The molecule has 0 aromatic heterocycles. The molecular weight excluding hydrogens is 560 g/mol. The molecule has 0 fully saturated rings. The van der Waals surface area contributed by atoms with Crippen LogP contribution in [0, 0.1) is 54.8 Å². The van der Waals surface area contributed by atoms with Crippen molar-refractivity contribution in [2.24, 2.45) is 0 Å². The molecule has 0 saturated heterocycles. The Hall–Kier alpha value is -2.17. The molecule has 2 aliphatic heterocycles. The maximum absolute atomic E-state index is 10.8. The van der Waals surface area contributed by atoms with Crippen LogP contribution in [-0.2, 0) is 76.3 Å². The number of carbonyl (C=O) groups is 1. The maximum atomic E-state index is 10.8. The summed E-state index contributed by atoms with van der Waals surface area (Å²) in [5, 5.41) is 9.13. The Bertz CT molecular complexity index is 640. The number of cyclic esters (lactones) is 1. The Morgan fingerprint density at radius 1 is 0.806 bits per heavy atom. The van der Waals surface area contributed by atoms with Crippen LogP contribution >= 0.6 is 0 Å². The molecule has 12 heteroatoms. The zero-order chi connectivity index (χ0) is 27.1. The molecule has 1 unspecified atom stereocenters. The first kappa shape index (κ1) is 64.2. The Labute approximate surface area is 235 Å². The number of carbonyl (C=O) groups excluding carboxylic acids is 1. The van der Waals surface area contributed by atoms with Crippen molar-refractivity contribution in [2.75, 3.05) is 0 Å². The number of ether oxygens (including phenoxy) is 2. The van der Waals surface area contributed by atoms with Crippen LogP contribution in [0.2, 0.25) is 0 Å². The van der Waals surface area contributed by atoms with Crippen LogP contribution in [0.15, 0.2) is 48.6 Å². The average Bonchev–Trinajstić information content (AvgIpc) is 3.47. The fraction of sp³-hybridized carbons (Fsp3) is 0.292.